The highest BCUT2D eigenvalue weighted by atomic mass is 16.5. The Morgan fingerprint density at radius 2 is 1.63 bits per heavy atom. The van der Waals surface area contributed by atoms with Gasteiger partial charge >= 0.3 is 0 Å². The molecule has 0 aliphatic rings. The van der Waals surface area contributed by atoms with E-state index in [-0.39, 0.29) is 5.91 Å². The van der Waals surface area contributed by atoms with Crippen molar-refractivity contribution in [2.45, 2.75) is 20.8 Å². The minimum Gasteiger partial charge on any atom is -0.379 e. The number of likely N-dealkylation sites (N-methyl/N-ethyl adjacent to an activating group) is 2. The molecule has 0 fully saturated rings. The summed E-state index contributed by atoms with van der Waals surface area (Å²) in [5.74, 6) is 0.0212. The molecule has 0 aliphatic heterocycles. The Hall–Kier alpha value is -0.690. The van der Waals surface area contributed by atoms with Crippen LogP contribution in [-0.4, -0.2) is 65.4 Å². The zero-order valence-electron chi connectivity index (χ0n) is 13.0. The van der Waals surface area contributed by atoms with Gasteiger partial charge in [-0.1, -0.05) is 20.8 Å². The molecule has 0 unspecified atom stereocenters. The van der Waals surface area contributed by atoms with Crippen molar-refractivity contribution in [3.05, 3.63) is 0 Å². The second-order valence-electron chi connectivity index (χ2n) is 3.60. The van der Waals surface area contributed by atoms with Crippen molar-refractivity contribution in [1.82, 2.24) is 21.3 Å². The van der Waals surface area contributed by atoms with Crippen LogP contribution in [-0.2, 0) is 9.53 Å². The monoisotopic (exact) mass is 276 g/mol. The van der Waals surface area contributed by atoms with Gasteiger partial charge < -0.3 is 26.0 Å². The van der Waals surface area contributed by atoms with E-state index in [0.29, 0.717) is 32.8 Å². The van der Waals surface area contributed by atoms with E-state index in [2.05, 4.69) is 28.2 Å². The Labute approximate surface area is 118 Å². The number of rotatable bonds is 12. The molecule has 6 nitrogen and oxygen atoms in total. The predicted octanol–water partition coefficient (Wildman–Crippen LogP) is -0.436. The van der Waals surface area contributed by atoms with Gasteiger partial charge in [-0.15, -0.1) is 0 Å². The maximum atomic E-state index is 11.2. The summed E-state index contributed by atoms with van der Waals surface area (Å²) in [4.78, 5) is 11.2. The molecule has 6 heteroatoms. The first-order chi connectivity index (χ1) is 9.31. The van der Waals surface area contributed by atoms with E-state index in [0.717, 1.165) is 19.6 Å². The minimum atomic E-state index is 0.0212. The molecule has 0 saturated carbocycles. The molecule has 0 atom stereocenters. The molecule has 1 amide bonds. The number of hydrogen-bond donors (Lipinski definition) is 4. The summed E-state index contributed by atoms with van der Waals surface area (Å²) in [7, 11) is 1.86. The molecule has 0 aromatic carbocycles. The number of hydrogen-bond acceptors (Lipinski definition) is 5. The normalized spacial score (nSPS) is 9.68. The van der Waals surface area contributed by atoms with Crippen molar-refractivity contribution >= 4 is 5.91 Å². The standard InChI is InChI=1S/C11H26N4O2.C2H6/c1-3-13-6-8-17-9-7-14-10-11(16)15-5-4-12-2;1-2/h12-14H,3-10H2,1-2H3,(H,15,16);1-2H3. The van der Waals surface area contributed by atoms with Gasteiger partial charge in [-0.2, -0.15) is 0 Å². The Morgan fingerprint density at radius 1 is 1.00 bits per heavy atom. The number of carbonyl (C=O) groups is 1. The molecular formula is C13H32N4O2. The molecular weight excluding hydrogens is 244 g/mol. The molecule has 0 aromatic heterocycles. The summed E-state index contributed by atoms with van der Waals surface area (Å²) in [5, 5.41) is 11.9. The van der Waals surface area contributed by atoms with Crippen LogP contribution in [0.3, 0.4) is 0 Å². The summed E-state index contributed by atoms with van der Waals surface area (Å²) in [6.45, 7) is 11.8. The minimum absolute atomic E-state index is 0.0212. The third-order valence-corrected chi connectivity index (χ3v) is 2.08. The van der Waals surface area contributed by atoms with Crippen LogP contribution in [0.25, 0.3) is 0 Å². The van der Waals surface area contributed by atoms with Gasteiger partial charge in [0.05, 0.1) is 19.8 Å². The van der Waals surface area contributed by atoms with E-state index >= 15 is 0 Å². The van der Waals surface area contributed by atoms with Crippen LogP contribution in [0.15, 0.2) is 0 Å². The molecule has 0 saturated heterocycles. The summed E-state index contributed by atoms with van der Waals surface area (Å²) in [5.41, 5.74) is 0. The SMILES string of the molecule is CC.CCNCCOCCNCC(=O)NCCNC. The smallest absolute Gasteiger partial charge is 0.234 e. The highest BCUT2D eigenvalue weighted by molar-refractivity contribution is 5.77. The van der Waals surface area contributed by atoms with Crippen molar-refractivity contribution in [3.63, 3.8) is 0 Å². The molecule has 4 N–H and O–H groups in total. The van der Waals surface area contributed by atoms with Crippen molar-refractivity contribution in [3.8, 4) is 0 Å². The van der Waals surface area contributed by atoms with Gasteiger partial charge in [-0.3, -0.25) is 4.79 Å². The maximum absolute atomic E-state index is 11.2. The van der Waals surface area contributed by atoms with Gasteiger partial charge in [-0.25, -0.2) is 0 Å². The first kappa shape index (κ1) is 20.6. The average molecular weight is 276 g/mol. The zero-order valence-corrected chi connectivity index (χ0v) is 13.0. The van der Waals surface area contributed by atoms with Gasteiger partial charge in [-0.05, 0) is 13.6 Å². The fourth-order valence-corrected chi connectivity index (χ4v) is 1.16. The third kappa shape index (κ3) is 19.8. The zero-order chi connectivity index (χ0) is 14.8. The van der Waals surface area contributed by atoms with Crippen LogP contribution >= 0.6 is 0 Å². The van der Waals surface area contributed by atoms with Crippen LogP contribution in [0.5, 0.6) is 0 Å². The fourth-order valence-electron chi connectivity index (χ4n) is 1.16. The van der Waals surface area contributed by atoms with E-state index in [4.69, 9.17) is 4.74 Å². The molecule has 0 heterocycles. The molecule has 0 spiro atoms. The Balaban J connectivity index is 0. The van der Waals surface area contributed by atoms with Crippen LogP contribution in [0.2, 0.25) is 0 Å². The van der Waals surface area contributed by atoms with E-state index in [1.54, 1.807) is 0 Å². The molecule has 19 heavy (non-hydrogen) atoms. The first-order valence-corrected chi connectivity index (χ1v) is 7.21. The maximum Gasteiger partial charge on any atom is 0.234 e. The van der Waals surface area contributed by atoms with Crippen molar-refractivity contribution in [2.24, 2.45) is 0 Å². The fraction of sp³-hybridized carbons (Fsp3) is 0.923. The Bertz CT molecular complexity index is 180. The lowest BCUT2D eigenvalue weighted by Crippen LogP contribution is -2.38. The topological polar surface area (TPSA) is 74.4 Å². The van der Waals surface area contributed by atoms with Gasteiger partial charge in [0, 0.05) is 26.2 Å². The second kappa shape index (κ2) is 19.6. The molecule has 0 bridgehead atoms. The average Bonchev–Trinajstić information content (AvgIpc) is 2.44. The van der Waals surface area contributed by atoms with Crippen molar-refractivity contribution in [2.75, 3.05) is 59.5 Å². The quantitative estimate of drug-likeness (QED) is 0.364. The molecule has 0 aromatic rings. The first-order valence-electron chi connectivity index (χ1n) is 7.21. The van der Waals surface area contributed by atoms with Crippen molar-refractivity contribution in [1.29, 1.82) is 0 Å². The molecule has 116 valence electrons. The summed E-state index contributed by atoms with van der Waals surface area (Å²) < 4.78 is 5.35. The Morgan fingerprint density at radius 3 is 2.21 bits per heavy atom. The largest absolute Gasteiger partial charge is 0.379 e. The summed E-state index contributed by atoms with van der Waals surface area (Å²) in [6, 6.07) is 0. The van der Waals surface area contributed by atoms with E-state index in [1.165, 1.54) is 0 Å². The molecule has 0 rings (SSSR count). The van der Waals surface area contributed by atoms with Crippen LogP contribution in [0, 0.1) is 0 Å². The van der Waals surface area contributed by atoms with Gasteiger partial charge in [0.2, 0.25) is 5.91 Å². The highest BCUT2D eigenvalue weighted by Gasteiger charge is 1.98. The van der Waals surface area contributed by atoms with Crippen LogP contribution in [0.4, 0.5) is 0 Å². The lowest BCUT2D eigenvalue weighted by atomic mass is 10.5. The number of amides is 1. The lowest BCUT2D eigenvalue weighted by molar-refractivity contribution is -0.120. The molecule has 0 aliphatic carbocycles. The summed E-state index contributed by atoms with van der Waals surface area (Å²) in [6.07, 6.45) is 0. The summed E-state index contributed by atoms with van der Waals surface area (Å²) >= 11 is 0. The molecule has 0 radical (unpaired) electrons. The van der Waals surface area contributed by atoms with Crippen LogP contribution in [0.1, 0.15) is 20.8 Å². The van der Waals surface area contributed by atoms with Crippen LogP contribution < -0.4 is 21.3 Å². The van der Waals surface area contributed by atoms with Gasteiger partial charge in [0.25, 0.3) is 0 Å². The predicted molar refractivity (Wildman–Crippen MR) is 80.5 cm³/mol. The number of nitrogens with one attached hydrogen (secondary N) is 4. The number of ether oxygens (including phenoxy) is 1. The Kier molecular flexibility index (Phi) is 21.3. The van der Waals surface area contributed by atoms with Gasteiger partial charge in [0.15, 0.2) is 0 Å². The van der Waals surface area contributed by atoms with Gasteiger partial charge in [0.1, 0.15) is 0 Å². The van der Waals surface area contributed by atoms with E-state index < -0.39 is 0 Å². The number of carbonyl (C=O) groups excluding carboxylic acids is 1. The van der Waals surface area contributed by atoms with E-state index in [9.17, 15) is 4.79 Å². The van der Waals surface area contributed by atoms with E-state index in [1.807, 2.05) is 20.9 Å². The second-order valence-corrected chi connectivity index (χ2v) is 3.60. The van der Waals surface area contributed by atoms with Crippen molar-refractivity contribution < 1.29 is 9.53 Å². The third-order valence-electron chi connectivity index (χ3n) is 2.08. The highest BCUT2D eigenvalue weighted by Crippen LogP contribution is 1.72. The lowest BCUT2D eigenvalue weighted by Gasteiger charge is -2.07.